The zero-order valence-corrected chi connectivity index (χ0v) is 4.84. The average Bonchev–Trinajstić information content (AvgIpc) is 2.34. The maximum atomic E-state index is 11.7. The maximum absolute atomic E-state index is 11.7. The van der Waals surface area contributed by atoms with Crippen LogP contribution in [0.15, 0.2) is 6.07 Å². The van der Waals surface area contributed by atoms with Gasteiger partial charge in [-0.1, -0.05) is 0 Å². The van der Waals surface area contributed by atoms with Gasteiger partial charge in [0.1, 0.15) is 11.4 Å². The minimum Gasteiger partial charge on any atom is -0.296 e. The number of halogens is 2. The number of aromatic nitrogens is 2. The Morgan fingerprint density at radius 3 is 2.70 bits per heavy atom. The molecule has 0 aliphatic heterocycles. The second kappa shape index (κ2) is 2.55. The summed E-state index contributed by atoms with van der Waals surface area (Å²) in [6, 6.07) is 1.01. The number of carbonyl (C=O) groups is 1. The van der Waals surface area contributed by atoms with E-state index in [0.29, 0.717) is 6.29 Å². The molecule has 1 aromatic heterocycles. The molecule has 3 nitrogen and oxygen atoms in total. The molecule has 5 heteroatoms. The van der Waals surface area contributed by atoms with Crippen molar-refractivity contribution in [2.75, 3.05) is 0 Å². The lowest BCUT2D eigenvalue weighted by molar-refractivity contribution is 0.111. The van der Waals surface area contributed by atoms with E-state index >= 15 is 0 Å². The zero-order valence-electron chi connectivity index (χ0n) is 4.84. The number of nitrogens with zero attached hydrogens (tertiary/aromatic N) is 1. The fourth-order valence-electron chi connectivity index (χ4n) is 0.525. The van der Waals surface area contributed by atoms with Gasteiger partial charge in [0.05, 0.1) is 0 Å². The first kappa shape index (κ1) is 6.85. The monoisotopic (exact) mass is 146 g/mol. The number of alkyl halides is 2. The van der Waals surface area contributed by atoms with E-state index in [4.69, 9.17) is 0 Å². The van der Waals surface area contributed by atoms with Crippen LogP contribution in [0, 0.1) is 0 Å². The van der Waals surface area contributed by atoms with Gasteiger partial charge < -0.3 is 0 Å². The Morgan fingerprint density at radius 1 is 1.70 bits per heavy atom. The van der Waals surface area contributed by atoms with Gasteiger partial charge in [-0.05, 0) is 6.07 Å². The number of carbonyl (C=O) groups excluding carboxylic acids is 1. The molecule has 0 fully saturated rings. The highest BCUT2D eigenvalue weighted by Crippen LogP contribution is 2.15. The lowest BCUT2D eigenvalue weighted by atomic mass is 10.4. The molecule has 1 heterocycles. The quantitative estimate of drug-likeness (QED) is 0.636. The first-order valence-corrected chi connectivity index (χ1v) is 2.52. The minimum atomic E-state index is -2.60. The SMILES string of the molecule is O=Cc1cc(C(F)F)[nH]n1. The highest BCUT2D eigenvalue weighted by molar-refractivity contribution is 5.71. The normalized spacial score (nSPS) is 10.3. The van der Waals surface area contributed by atoms with Crippen LogP contribution in [-0.4, -0.2) is 16.5 Å². The summed E-state index contributed by atoms with van der Waals surface area (Å²) in [5.41, 5.74) is -0.336. The summed E-state index contributed by atoms with van der Waals surface area (Å²) in [6.45, 7) is 0. The highest BCUT2D eigenvalue weighted by atomic mass is 19.3. The molecule has 0 saturated heterocycles. The van der Waals surface area contributed by atoms with Crippen LogP contribution < -0.4 is 0 Å². The van der Waals surface area contributed by atoms with Gasteiger partial charge >= 0.3 is 0 Å². The predicted molar refractivity (Wildman–Crippen MR) is 28.9 cm³/mol. The summed E-state index contributed by atoms with van der Waals surface area (Å²) in [5, 5.41) is 5.31. The third kappa shape index (κ3) is 1.18. The van der Waals surface area contributed by atoms with Crippen LogP contribution in [0.2, 0.25) is 0 Å². The zero-order chi connectivity index (χ0) is 7.56. The van der Waals surface area contributed by atoms with Crippen molar-refractivity contribution in [1.82, 2.24) is 10.2 Å². The van der Waals surface area contributed by atoms with Crippen LogP contribution in [0.25, 0.3) is 0 Å². The van der Waals surface area contributed by atoms with Gasteiger partial charge in [0.25, 0.3) is 6.43 Å². The molecule has 0 aromatic carbocycles. The Labute approximate surface area is 55.1 Å². The Morgan fingerprint density at radius 2 is 2.40 bits per heavy atom. The van der Waals surface area contributed by atoms with Crippen molar-refractivity contribution in [3.8, 4) is 0 Å². The van der Waals surface area contributed by atoms with Gasteiger partial charge in [-0.3, -0.25) is 9.89 Å². The molecule has 0 bridgehead atoms. The first-order valence-electron chi connectivity index (χ1n) is 2.52. The number of rotatable bonds is 2. The molecule has 0 spiro atoms. The molecule has 0 aliphatic rings. The summed E-state index contributed by atoms with van der Waals surface area (Å²) in [5.74, 6) is 0. The third-order valence-corrected chi connectivity index (χ3v) is 0.973. The van der Waals surface area contributed by atoms with E-state index in [1.165, 1.54) is 0 Å². The molecule has 0 aliphatic carbocycles. The summed E-state index contributed by atoms with van der Waals surface area (Å²) in [6.07, 6.45) is -2.19. The van der Waals surface area contributed by atoms with Crippen molar-refractivity contribution in [2.45, 2.75) is 6.43 Å². The fraction of sp³-hybridized carbons (Fsp3) is 0.200. The van der Waals surface area contributed by atoms with Gasteiger partial charge in [0.15, 0.2) is 6.29 Å². The van der Waals surface area contributed by atoms with Crippen LogP contribution in [0.1, 0.15) is 22.6 Å². The Kier molecular flexibility index (Phi) is 1.75. The number of aromatic amines is 1. The second-order valence-electron chi connectivity index (χ2n) is 1.67. The molecule has 0 atom stereocenters. The summed E-state index contributed by atoms with van der Waals surface area (Å²) >= 11 is 0. The number of hydrogen-bond donors (Lipinski definition) is 1. The predicted octanol–water partition coefficient (Wildman–Crippen LogP) is 1.16. The molecule has 54 valence electrons. The van der Waals surface area contributed by atoms with Gasteiger partial charge in [0.2, 0.25) is 0 Å². The fourth-order valence-corrected chi connectivity index (χ4v) is 0.525. The highest BCUT2D eigenvalue weighted by Gasteiger charge is 2.09. The number of H-pyrrole nitrogens is 1. The minimum absolute atomic E-state index is 0.00435. The largest absolute Gasteiger partial charge is 0.296 e. The standard InChI is InChI=1S/C5H4F2N2O/c6-5(7)4-1-3(2-10)8-9-4/h1-2,5H,(H,8,9). The maximum Gasteiger partial charge on any atom is 0.279 e. The van der Waals surface area contributed by atoms with E-state index in [1.807, 2.05) is 5.10 Å². The first-order chi connectivity index (χ1) is 4.74. The molecular formula is C5H4F2N2O. The topological polar surface area (TPSA) is 45.8 Å². The summed E-state index contributed by atoms with van der Waals surface area (Å²) in [4.78, 5) is 9.92. The van der Waals surface area contributed by atoms with Gasteiger partial charge in [-0.15, -0.1) is 0 Å². The van der Waals surface area contributed by atoms with Crippen molar-refractivity contribution < 1.29 is 13.6 Å². The van der Waals surface area contributed by atoms with E-state index in [2.05, 4.69) is 5.10 Å². The van der Waals surface area contributed by atoms with Crippen molar-refractivity contribution in [3.63, 3.8) is 0 Å². The molecule has 0 saturated carbocycles. The van der Waals surface area contributed by atoms with E-state index < -0.39 is 6.43 Å². The van der Waals surface area contributed by atoms with Gasteiger partial charge in [-0.25, -0.2) is 8.78 Å². The smallest absolute Gasteiger partial charge is 0.279 e. The number of nitrogens with one attached hydrogen (secondary N) is 1. The summed E-state index contributed by atoms with van der Waals surface area (Å²) < 4.78 is 23.5. The molecule has 1 N–H and O–H groups in total. The Balaban J connectivity index is 2.88. The molecule has 1 aromatic rings. The van der Waals surface area contributed by atoms with Crippen molar-refractivity contribution in [1.29, 1.82) is 0 Å². The van der Waals surface area contributed by atoms with E-state index in [1.54, 1.807) is 0 Å². The molecule has 1 rings (SSSR count). The van der Waals surface area contributed by atoms with Gasteiger partial charge in [-0.2, -0.15) is 5.10 Å². The molecule has 10 heavy (non-hydrogen) atoms. The Bertz CT molecular complexity index is 233. The molecule has 0 radical (unpaired) electrons. The van der Waals surface area contributed by atoms with Crippen LogP contribution in [-0.2, 0) is 0 Å². The number of hydrogen-bond acceptors (Lipinski definition) is 2. The average molecular weight is 146 g/mol. The van der Waals surface area contributed by atoms with E-state index in [9.17, 15) is 13.6 Å². The van der Waals surface area contributed by atoms with Crippen LogP contribution in [0.3, 0.4) is 0 Å². The van der Waals surface area contributed by atoms with E-state index in [-0.39, 0.29) is 11.4 Å². The molecule has 0 unspecified atom stereocenters. The summed E-state index contributed by atoms with van der Waals surface area (Å²) in [7, 11) is 0. The van der Waals surface area contributed by atoms with Crippen molar-refractivity contribution >= 4 is 6.29 Å². The van der Waals surface area contributed by atoms with Crippen LogP contribution in [0.5, 0.6) is 0 Å². The Hall–Kier alpha value is -1.26. The van der Waals surface area contributed by atoms with Crippen molar-refractivity contribution in [2.24, 2.45) is 0 Å². The lowest BCUT2D eigenvalue weighted by Crippen LogP contribution is -1.81. The van der Waals surface area contributed by atoms with Gasteiger partial charge in [0, 0.05) is 0 Å². The van der Waals surface area contributed by atoms with Crippen LogP contribution in [0.4, 0.5) is 8.78 Å². The van der Waals surface area contributed by atoms with Crippen molar-refractivity contribution in [3.05, 3.63) is 17.5 Å². The number of aldehydes is 1. The molecule has 0 amide bonds. The second-order valence-corrected chi connectivity index (χ2v) is 1.67. The van der Waals surface area contributed by atoms with Crippen LogP contribution >= 0.6 is 0 Å². The lowest BCUT2D eigenvalue weighted by Gasteiger charge is -1.87. The van der Waals surface area contributed by atoms with E-state index in [0.717, 1.165) is 6.07 Å². The molecular weight excluding hydrogens is 142 g/mol. The third-order valence-electron chi connectivity index (χ3n) is 0.973.